The number of amides is 1. The highest BCUT2D eigenvalue weighted by Gasteiger charge is 2.10. The van der Waals surface area contributed by atoms with Crippen molar-refractivity contribution in [2.45, 2.75) is 6.54 Å². The number of hydrogen-bond acceptors (Lipinski definition) is 4. The van der Waals surface area contributed by atoms with Gasteiger partial charge >= 0.3 is 0 Å². The first-order chi connectivity index (χ1) is 9.60. The summed E-state index contributed by atoms with van der Waals surface area (Å²) < 4.78 is 0. The van der Waals surface area contributed by atoms with Crippen molar-refractivity contribution in [3.63, 3.8) is 0 Å². The number of hydrogen-bond donors (Lipinski definition) is 2. The topological polar surface area (TPSA) is 91.8 Å². The lowest BCUT2D eigenvalue weighted by Gasteiger charge is -2.08. The van der Waals surface area contributed by atoms with Gasteiger partial charge in [-0.2, -0.15) is 5.26 Å². The summed E-state index contributed by atoms with van der Waals surface area (Å²) in [4.78, 5) is 15.8. The summed E-state index contributed by atoms with van der Waals surface area (Å²) in [5.74, 6) is -0.339. The van der Waals surface area contributed by atoms with Crippen LogP contribution in [-0.2, 0) is 6.54 Å². The Bertz CT molecular complexity index is 694. The molecule has 0 fully saturated rings. The van der Waals surface area contributed by atoms with Crippen molar-refractivity contribution < 1.29 is 4.79 Å². The van der Waals surface area contributed by atoms with Gasteiger partial charge in [-0.1, -0.05) is 23.7 Å². The van der Waals surface area contributed by atoms with Crippen LogP contribution in [-0.4, -0.2) is 10.9 Å². The van der Waals surface area contributed by atoms with E-state index in [4.69, 9.17) is 22.6 Å². The molecule has 0 aliphatic rings. The molecule has 0 unspecified atom stereocenters. The van der Waals surface area contributed by atoms with Gasteiger partial charge in [0, 0.05) is 6.54 Å². The molecule has 1 aromatic heterocycles. The summed E-state index contributed by atoms with van der Waals surface area (Å²) in [5, 5.41) is 11.7. The van der Waals surface area contributed by atoms with Crippen molar-refractivity contribution in [3.8, 4) is 6.07 Å². The molecule has 1 amide bonds. The number of carbonyl (C=O) groups excluding carboxylic acids is 1. The smallest absolute Gasteiger partial charge is 0.253 e. The first-order valence-corrected chi connectivity index (χ1v) is 6.16. The number of aromatic nitrogens is 1. The maximum absolute atomic E-state index is 12.0. The number of nitrogens with two attached hydrogens (primary N) is 1. The minimum atomic E-state index is -0.339. The number of nitrogens with one attached hydrogen (secondary N) is 1. The molecule has 0 atom stereocenters. The summed E-state index contributed by atoms with van der Waals surface area (Å²) in [6.45, 7) is 0.299. The third kappa shape index (κ3) is 3.25. The van der Waals surface area contributed by atoms with Gasteiger partial charge in [0.1, 0.15) is 5.15 Å². The zero-order valence-electron chi connectivity index (χ0n) is 10.4. The largest absolute Gasteiger partial charge is 0.397 e. The Labute approximate surface area is 121 Å². The van der Waals surface area contributed by atoms with E-state index in [1.54, 1.807) is 18.2 Å². The molecule has 3 N–H and O–H groups in total. The number of nitriles is 1. The van der Waals surface area contributed by atoms with E-state index in [1.807, 2.05) is 12.1 Å². The van der Waals surface area contributed by atoms with Gasteiger partial charge in [-0.25, -0.2) is 4.98 Å². The summed E-state index contributed by atoms with van der Waals surface area (Å²) in [5.41, 5.74) is 7.60. The van der Waals surface area contributed by atoms with E-state index in [2.05, 4.69) is 10.3 Å². The second-order valence-corrected chi connectivity index (χ2v) is 4.48. The van der Waals surface area contributed by atoms with Gasteiger partial charge in [-0.15, -0.1) is 0 Å². The van der Waals surface area contributed by atoms with E-state index < -0.39 is 0 Å². The lowest BCUT2D eigenvalue weighted by molar-refractivity contribution is 0.0951. The maximum Gasteiger partial charge on any atom is 0.253 e. The minimum Gasteiger partial charge on any atom is -0.397 e. The van der Waals surface area contributed by atoms with Crippen LogP contribution >= 0.6 is 11.6 Å². The van der Waals surface area contributed by atoms with Crippen molar-refractivity contribution >= 4 is 23.2 Å². The van der Waals surface area contributed by atoms with E-state index in [1.165, 1.54) is 12.3 Å². The highest BCUT2D eigenvalue weighted by atomic mass is 35.5. The van der Waals surface area contributed by atoms with Crippen LogP contribution < -0.4 is 11.1 Å². The van der Waals surface area contributed by atoms with Crippen LogP contribution in [0.4, 0.5) is 5.69 Å². The number of benzene rings is 1. The first kappa shape index (κ1) is 13.8. The van der Waals surface area contributed by atoms with Gasteiger partial charge in [0.05, 0.1) is 29.1 Å². The molecule has 100 valence electrons. The Kier molecular flexibility index (Phi) is 4.18. The lowest BCUT2D eigenvalue weighted by atomic mass is 10.1. The Morgan fingerprint density at radius 2 is 2.25 bits per heavy atom. The van der Waals surface area contributed by atoms with Gasteiger partial charge in [-0.05, 0) is 23.8 Å². The molecule has 1 aromatic carbocycles. The molecule has 0 saturated heterocycles. The van der Waals surface area contributed by atoms with Crippen LogP contribution in [0.15, 0.2) is 36.5 Å². The van der Waals surface area contributed by atoms with Gasteiger partial charge in [0.25, 0.3) is 5.91 Å². The second kappa shape index (κ2) is 6.04. The molecule has 20 heavy (non-hydrogen) atoms. The molecule has 1 heterocycles. The van der Waals surface area contributed by atoms with Crippen LogP contribution in [0.5, 0.6) is 0 Å². The van der Waals surface area contributed by atoms with E-state index in [9.17, 15) is 4.79 Å². The number of nitrogen functional groups attached to an aromatic ring is 1. The Morgan fingerprint density at radius 1 is 1.45 bits per heavy atom. The highest BCUT2D eigenvalue weighted by Crippen LogP contribution is 2.15. The fraction of sp³-hybridized carbons (Fsp3) is 0.0714. The second-order valence-electron chi connectivity index (χ2n) is 4.09. The number of nitrogens with zero attached hydrogens (tertiary/aromatic N) is 2. The van der Waals surface area contributed by atoms with Crippen LogP contribution in [0, 0.1) is 11.3 Å². The first-order valence-electron chi connectivity index (χ1n) is 5.78. The number of carbonyl (C=O) groups is 1. The van der Waals surface area contributed by atoms with Gasteiger partial charge in [0.2, 0.25) is 0 Å². The van der Waals surface area contributed by atoms with Gasteiger partial charge in [0.15, 0.2) is 0 Å². The SMILES string of the molecule is N#Cc1cccc(CNC(=O)c2cc(Cl)ncc2N)c1. The number of pyridine rings is 1. The molecule has 0 bridgehead atoms. The van der Waals surface area contributed by atoms with Crippen molar-refractivity contribution in [1.82, 2.24) is 10.3 Å². The molecular formula is C14H11ClN4O. The van der Waals surface area contributed by atoms with Crippen molar-refractivity contribution in [3.05, 3.63) is 58.4 Å². The minimum absolute atomic E-state index is 0.204. The maximum atomic E-state index is 12.0. The van der Waals surface area contributed by atoms with Crippen LogP contribution in [0.25, 0.3) is 0 Å². The molecule has 0 aliphatic heterocycles. The monoisotopic (exact) mass is 286 g/mol. The molecule has 0 radical (unpaired) electrons. The van der Waals surface area contributed by atoms with Crippen LogP contribution in [0.2, 0.25) is 5.15 Å². The van der Waals surface area contributed by atoms with Crippen molar-refractivity contribution in [1.29, 1.82) is 5.26 Å². The average molecular weight is 287 g/mol. The van der Waals surface area contributed by atoms with Crippen molar-refractivity contribution in [2.24, 2.45) is 0 Å². The Morgan fingerprint density at radius 3 is 3.00 bits per heavy atom. The molecule has 0 spiro atoms. The molecule has 0 saturated carbocycles. The fourth-order valence-electron chi connectivity index (χ4n) is 1.67. The number of rotatable bonds is 3. The Hall–Kier alpha value is -2.58. The molecular weight excluding hydrogens is 276 g/mol. The highest BCUT2D eigenvalue weighted by molar-refractivity contribution is 6.29. The average Bonchev–Trinajstić information content (AvgIpc) is 2.47. The van der Waals surface area contributed by atoms with E-state index in [0.717, 1.165) is 5.56 Å². The Balaban J connectivity index is 2.09. The quantitative estimate of drug-likeness (QED) is 0.845. The van der Waals surface area contributed by atoms with Crippen molar-refractivity contribution in [2.75, 3.05) is 5.73 Å². The van der Waals surface area contributed by atoms with E-state index in [0.29, 0.717) is 12.1 Å². The normalized spacial score (nSPS) is 9.80. The van der Waals surface area contributed by atoms with Gasteiger partial charge < -0.3 is 11.1 Å². The van der Waals surface area contributed by atoms with E-state index >= 15 is 0 Å². The molecule has 2 rings (SSSR count). The third-order valence-corrected chi connectivity index (χ3v) is 2.86. The summed E-state index contributed by atoms with van der Waals surface area (Å²) in [6.07, 6.45) is 1.34. The summed E-state index contributed by atoms with van der Waals surface area (Å²) in [7, 11) is 0. The summed E-state index contributed by atoms with van der Waals surface area (Å²) >= 11 is 5.73. The molecule has 5 nitrogen and oxygen atoms in total. The third-order valence-electron chi connectivity index (χ3n) is 2.66. The molecule has 6 heteroatoms. The molecule has 2 aromatic rings. The van der Waals surface area contributed by atoms with Gasteiger partial charge in [-0.3, -0.25) is 4.79 Å². The standard InChI is InChI=1S/C14H11ClN4O/c15-13-5-11(12(17)8-18-13)14(20)19-7-10-3-1-2-9(4-10)6-16/h1-5,8H,7,17H2,(H,19,20). The zero-order valence-corrected chi connectivity index (χ0v) is 11.2. The number of anilines is 1. The molecule has 0 aliphatic carbocycles. The zero-order chi connectivity index (χ0) is 14.5. The van der Waals surface area contributed by atoms with Crippen LogP contribution in [0.3, 0.4) is 0 Å². The predicted octanol–water partition coefficient (Wildman–Crippen LogP) is 2.12. The number of halogens is 1. The lowest BCUT2D eigenvalue weighted by Crippen LogP contribution is -2.24. The predicted molar refractivity (Wildman–Crippen MR) is 76.0 cm³/mol. The summed E-state index contributed by atoms with van der Waals surface area (Å²) in [6, 6.07) is 10.5. The fourth-order valence-corrected chi connectivity index (χ4v) is 1.82. The van der Waals surface area contributed by atoms with E-state index in [-0.39, 0.29) is 22.3 Å². The van der Waals surface area contributed by atoms with Crippen LogP contribution in [0.1, 0.15) is 21.5 Å².